The third kappa shape index (κ3) is 4.88. The second-order valence-electron chi connectivity index (χ2n) is 4.91. The molecule has 23 heavy (non-hydrogen) atoms. The number of hydrogen-bond donors (Lipinski definition) is 1. The summed E-state index contributed by atoms with van der Waals surface area (Å²) in [6.07, 6.45) is 1.99. The van der Waals surface area contributed by atoms with Crippen LogP contribution in [0.3, 0.4) is 0 Å². The zero-order valence-corrected chi connectivity index (χ0v) is 13.1. The van der Waals surface area contributed by atoms with E-state index >= 15 is 0 Å². The van der Waals surface area contributed by atoms with Gasteiger partial charge in [-0.25, -0.2) is 0 Å². The Labute approximate surface area is 134 Å². The number of rotatable bonds is 7. The molecule has 0 spiro atoms. The second kappa shape index (κ2) is 8.03. The van der Waals surface area contributed by atoms with E-state index < -0.39 is 0 Å². The molecule has 6 nitrogen and oxygen atoms in total. The number of carbonyl (C=O) groups is 1. The molecule has 0 aliphatic carbocycles. The highest BCUT2D eigenvalue weighted by atomic mass is 16.5. The van der Waals surface area contributed by atoms with E-state index in [-0.39, 0.29) is 23.7 Å². The lowest BCUT2D eigenvalue weighted by molar-refractivity contribution is -0.123. The van der Waals surface area contributed by atoms with Crippen LogP contribution in [0.2, 0.25) is 0 Å². The van der Waals surface area contributed by atoms with Crippen LogP contribution >= 0.6 is 0 Å². The molecular formula is C17H19NO5. The molecule has 2 aromatic rings. The molecule has 1 aromatic heterocycles. The summed E-state index contributed by atoms with van der Waals surface area (Å²) in [5.74, 6) is 0.922. The normalized spacial score (nSPS) is 10.2. The van der Waals surface area contributed by atoms with Crippen LogP contribution in [0.5, 0.6) is 11.5 Å². The number of amides is 1. The lowest BCUT2D eigenvalue weighted by atomic mass is 10.1. The highest BCUT2D eigenvalue weighted by Crippen LogP contribution is 2.11. The first-order valence-electron chi connectivity index (χ1n) is 7.21. The summed E-state index contributed by atoms with van der Waals surface area (Å²) in [7, 11) is 1.62. The molecule has 1 N–H and O–H groups in total. The zero-order valence-electron chi connectivity index (χ0n) is 13.1. The Kier molecular flexibility index (Phi) is 5.80. The summed E-state index contributed by atoms with van der Waals surface area (Å²) >= 11 is 0. The number of methoxy groups -OCH3 is 1. The van der Waals surface area contributed by atoms with Crippen LogP contribution in [0, 0.1) is 6.92 Å². The van der Waals surface area contributed by atoms with Crippen molar-refractivity contribution in [3.63, 3.8) is 0 Å². The Bertz CT molecular complexity index is 706. The summed E-state index contributed by atoms with van der Waals surface area (Å²) < 4.78 is 15.4. The third-order valence-corrected chi connectivity index (χ3v) is 3.25. The summed E-state index contributed by atoms with van der Waals surface area (Å²) in [4.78, 5) is 23.3. The van der Waals surface area contributed by atoms with Crippen LogP contribution in [0.25, 0.3) is 0 Å². The lowest BCUT2D eigenvalue weighted by Crippen LogP contribution is -2.31. The van der Waals surface area contributed by atoms with E-state index in [2.05, 4.69) is 5.32 Å². The van der Waals surface area contributed by atoms with Gasteiger partial charge in [0.1, 0.15) is 11.5 Å². The van der Waals surface area contributed by atoms with Crippen molar-refractivity contribution in [1.82, 2.24) is 5.32 Å². The number of hydrogen-bond acceptors (Lipinski definition) is 5. The van der Waals surface area contributed by atoms with Gasteiger partial charge in [0.05, 0.1) is 13.4 Å². The van der Waals surface area contributed by atoms with E-state index in [9.17, 15) is 9.59 Å². The molecule has 0 unspecified atom stereocenters. The summed E-state index contributed by atoms with van der Waals surface area (Å²) in [6.45, 7) is 1.87. The van der Waals surface area contributed by atoms with Gasteiger partial charge >= 0.3 is 0 Å². The van der Waals surface area contributed by atoms with Gasteiger partial charge in [0.25, 0.3) is 5.91 Å². The minimum Gasteiger partial charge on any atom is -0.497 e. The van der Waals surface area contributed by atoms with Crippen LogP contribution in [-0.2, 0) is 11.2 Å². The van der Waals surface area contributed by atoms with E-state index in [0.29, 0.717) is 18.7 Å². The molecule has 0 fully saturated rings. The van der Waals surface area contributed by atoms with Crippen molar-refractivity contribution in [2.75, 3.05) is 20.3 Å². The minimum atomic E-state index is -0.306. The maximum Gasteiger partial charge on any atom is 0.257 e. The van der Waals surface area contributed by atoms with Gasteiger partial charge in [-0.15, -0.1) is 0 Å². The fourth-order valence-electron chi connectivity index (χ4n) is 2.00. The Morgan fingerprint density at radius 1 is 1.22 bits per heavy atom. The largest absolute Gasteiger partial charge is 0.497 e. The van der Waals surface area contributed by atoms with E-state index in [4.69, 9.17) is 13.9 Å². The van der Waals surface area contributed by atoms with Gasteiger partial charge < -0.3 is 19.2 Å². The maximum absolute atomic E-state index is 11.7. The molecule has 0 radical (unpaired) electrons. The van der Waals surface area contributed by atoms with Crippen molar-refractivity contribution in [2.45, 2.75) is 13.3 Å². The predicted molar refractivity (Wildman–Crippen MR) is 84.9 cm³/mol. The van der Waals surface area contributed by atoms with Gasteiger partial charge in [0.15, 0.2) is 6.61 Å². The fourth-order valence-corrected chi connectivity index (χ4v) is 2.00. The molecule has 122 valence electrons. The van der Waals surface area contributed by atoms with Crippen molar-refractivity contribution in [1.29, 1.82) is 0 Å². The van der Waals surface area contributed by atoms with E-state index in [1.807, 2.05) is 24.3 Å². The molecule has 0 atom stereocenters. The lowest BCUT2D eigenvalue weighted by Gasteiger charge is -2.08. The molecule has 1 heterocycles. The first kappa shape index (κ1) is 16.6. The minimum absolute atomic E-state index is 0.0674. The molecule has 0 saturated heterocycles. The number of aryl methyl sites for hydroxylation is 1. The van der Waals surface area contributed by atoms with Gasteiger partial charge in [-0.2, -0.15) is 0 Å². The molecule has 1 aromatic carbocycles. The summed E-state index contributed by atoms with van der Waals surface area (Å²) in [5.41, 5.74) is 0.784. The van der Waals surface area contributed by atoms with Gasteiger partial charge in [-0.1, -0.05) is 12.1 Å². The third-order valence-electron chi connectivity index (χ3n) is 3.25. The van der Waals surface area contributed by atoms with Crippen molar-refractivity contribution in [3.8, 4) is 11.5 Å². The van der Waals surface area contributed by atoms with Gasteiger partial charge in [-0.05, 0) is 31.0 Å². The van der Waals surface area contributed by atoms with Gasteiger partial charge in [0.2, 0.25) is 11.2 Å². The average molecular weight is 317 g/mol. The SMILES string of the molecule is COc1ccc(CCNC(=O)COc2c(C)occc2=O)cc1. The van der Waals surface area contributed by atoms with Crippen LogP contribution in [-0.4, -0.2) is 26.2 Å². The number of ether oxygens (including phenoxy) is 2. The highest BCUT2D eigenvalue weighted by Gasteiger charge is 2.09. The number of carbonyl (C=O) groups excluding carboxylic acids is 1. The molecule has 6 heteroatoms. The van der Waals surface area contributed by atoms with Crippen LogP contribution in [0.1, 0.15) is 11.3 Å². The molecule has 0 aliphatic heterocycles. The van der Waals surface area contributed by atoms with Gasteiger partial charge in [0, 0.05) is 12.6 Å². The molecule has 0 aliphatic rings. The van der Waals surface area contributed by atoms with Crippen LogP contribution in [0.4, 0.5) is 0 Å². The van der Waals surface area contributed by atoms with E-state index in [1.54, 1.807) is 14.0 Å². The summed E-state index contributed by atoms with van der Waals surface area (Å²) in [5, 5.41) is 2.74. The Morgan fingerprint density at radius 3 is 2.61 bits per heavy atom. The van der Waals surface area contributed by atoms with Crippen molar-refractivity contribution < 1.29 is 18.7 Å². The van der Waals surface area contributed by atoms with Crippen molar-refractivity contribution in [2.24, 2.45) is 0 Å². The van der Waals surface area contributed by atoms with Crippen molar-refractivity contribution >= 4 is 5.91 Å². The molecule has 2 rings (SSSR count). The standard InChI is InChI=1S/C17H19NO5/c1-12-17(15(19)8-10-22-12)23-11-16(20)18-9-7-13-3-5-14(21-2)6-4-13/h3-6,8,10H,7,9,11H2,1-2H3,(H,18,20). The second-order valence-corrected chi connectivity index (χ2v) is 4.91. The summed E-state index contributed by atoms with van der Waals surface area (Å²) in [6, 6.07) is 8.89. The quantitative estimate of drug-likeness (QED) is 0.841. The topological polar surface area (TPSA) is 77.8 Å². The number of benzene rings is 1. The predicted octanol–water partition coefficient (Wildman–Crippen LogP) is 1.69. The maximum atomic E-state index is 11.7. The highest BCUT2D eigenvalue weighted by molar-refractivity contribution is 5.77. The monoisotopic (exact) mass is 317 g/mol. The number of nitrogens with one attached hydrogen (secondary N) is 1. The average Bonchev–Trinajstić information content (AvgIpc) is 2.55. The zero-order chi connectivity index (χ0) is 16.7. The molecule has 0 bridgehead atoms. The Balaban J connectivity index is 1.76. The Morgan fingerprint density at radius 2 is 1.96 bits per heavy atom. The van der Waals surface area contributed by atoms with Gasteiger partial charge in [-0.3, -0.25) is 9.59 Å². The fraction of sp³-hybridized carbons (Fsp3) is 0.294. The Hall–Kier alpha value is -2.76. The first-order valence-corrected chi connectivity index (χ1v) is 7.21. The van der Waals surface area contributed by atoms with Crippen molar-refractivity contribution in [3.05, 3.63) is 58.1 Å². The smallest absolute Gasteiger partial charge is 0.257 e. The molecule has 0 saturated carbocycles. The first-order chi connectivity index (χ1) is 11.1. The molecular weight excluding hydrogens is 298 g/mol. The molecule has 1 amide bonds. The van der Waals surface area contributed by atoms with Crippen LogP contribution in [0.15, 0.2) is 45.8 Å². The van der Waals surface area contributed by atoms with E-state index in [0.717, 1.165) is 11.3 Å². The van der Waals surface area contributed by atoms with Crippen LogP contribution < -0.4 is 20.2 Å². The van der Waals surface area contributed by atoms with E-state index in [1.165, 1.54) is 12.3 Å².